The largest absolute Gasteiger partial charge is 0.416 e. The van der Waals surface area contributed by atoms with Crippen LogP contribution >= 0.6 is 0 Å². The van der Waals surface area contributed by atoms with Crippen molar-refractivity contribution < 1.29 is 22.4 Å². The van der Waals surface area contributed by atoms with E-state index in [0.717, 1.165) is 10.8 Å². The fourth-order valence-corrected chi connectivity index (χ4v) is 3.35. The van der Waals surface area contributed by atoms with Gasteiger partial charge in [0.25, 0.3) is 5.56 Å². The number of likely N-dealkylation sites (tertiary alicyclic amines) is 1. The molecule has 0 radical (unpaired) electrons. The summed E-state index contributed by atoms with van der Waals surface area (Å²) in [5.41, 5.74) is 3.40. The lowest BCUT2D eigenvalue weighted by molar-refractivity contribution is -0.138. The van der Waals surface area contributed by atoms with E-state index >= 15 is 0 Å². The molecule has 9 heteroatoms. The Labute approximate surface area is 155 Å². The average Bonchev–Trinajstić information content (AvgIpc) is 2.51. The Kier molecular flexibility index (Phi) is 6.67. The van der Waals surface area contributed by atoms with E-state index in [0.29, 0.717) is 25.7 Å². The summed E-state index contributed by atoms with van der Waals surface area (Å²) in [4.78, 5) is 25.9. The molecule has 5 nitrogen and oxygen atoms in total. The van der Waals surface area contributed by atoms with Gasteiger partial charge in [-0.2, -0.15) is 13.2 Å². The van der Waals surface area contributed by atoms with Crippen molar-refractivity contribution >= 4 is 5.91 Å². The number of halogens is 4. The summed E-state index contributed by atoms with van der Waals surface area (Å²) >= 11 is 0. The molecule has 1 fully saturated rings. The highest BCUT2D eigenvalue weighted by Gasteiger charge is 2.35. The van der Waals surface area contributed by atoms with E-state index in [9.17, 15) is 27.2 Å². The van der Waals surface area contributed by atoms with Crippen LogP contribution < -0.4 is 11.3 Å². The van der Waals surface area contributed by atoms with E-state index in [1.807, 2.05) is 18.7 Å². The molecule has 0 aliphatic carbocycles. The number of pyridine rings is 1. The van der Waals surface area contributed by atoms with Crippen LogP contribution in [0, 0.1) is 11.8 Å². The van der Waals surface area contributed by atoms with Crippen LogP contribution in [0.1, 0.15) is 37.4 Å². The molecule has 0 saturated carbocycles. The van der Waals surface area contributed by atoms with E-state index < -0.39 is 35.9 Å². The van der Waals surface area contributed by atoms with E-state index in [1.54, 1.807) is 0 Å². The number of hydrogen-bond donors (Lipinski definition) is 1. The molecule has 27 heavy (non-hydrogen) atoms. The highest BCUT2D eigenvalue weighted by molar-refractivity contribution is 5.78. The smallest absolute Gasteiger partial charge is 0.368 e. The van der Waals surface area contributed by atoms with Crippen LogP contribution in [0.2, 0.25) is 0 Å². The van der Waals surface area contributed by atoms with Crippen molar-refractivity contribution in [3.8, 4) is 0 Å². The van der Waals surface area contributed by atoms with Crippen LogP contribution in [0.3, 0.4) is 0 Å². The van der Waals surface area contributed by atoms with Gasteiger partial charge < -0.3 is 15.2 Å². The Morgan fingerprint density at radius 2 is 1.96 bits per heavy atom. The van der Waals surface area contributed by atoms with Crippen LogP contribution in [0.15, 0.2) is 17.1 Å². The van der Waals surface area contributed by atoms with Crippen molar-refractivity contribution in [2.24, 2.45) is 17.6 Å². The molecule has 2 heterocycles. The zero-order valence-corrected chi connectivity index (χ0v) is 15.4. The number of alkyl halides is 4. The second kappa shape index (κ2) is 8.41. The second-order valence-corrected chi connectivity index (χ2v) is 7.53. The highest BCUT2D eigenvalue weighted by atomic mass is 19.4. The number of carbonyl (C=O) groups excluding carboxylic acids is 1. The first-order valence-corrected chi connectivity index (χ1v) is 8.92. The lowest BCUT2D eigenvalue weighted by Gasteiger charge is -2.37. The van der Waals surface area contributed by atoms with Crippen LogP contribution in [-0.2, 0) is 17.4 Å². The van der Waals surface area contributed by atoms with Crippen molar-refractivity contribution in [2.45, 2.75) is 38.9 Å². The van der Waals surface area contributed by atoms with E-state index in [4.69, 9.17) is 5.73 Å². The normalized spacial score (nSPS) is 17.1. The van der Waals surface area contributed by atoms with Gasteiger partial charge >= 0.3 is 6.18 Å². The molecule has 1 saturated heterocycles. The van der Waals surface area contributed by atoms with Gasteiger partial charge in [0, 0.05) is 37.8 Å². The predicted octanol–water partition coefficient (Wildman–Crippen LogP) is 2.38. The third kappa shape index (κ3) is 5.31. The first kappa shape index (κ1) is 21.4. The number of nitrogens with two attached hydrogens (primary N) is 1. The molecule has 0 bridgehead atoms. The Balaban J connectivity index is 2.33. The molecule has 152 valence electrons. The standard InChI is InChI=1S/C18H25F4N3O2/c1-11(2)5-15(17(23)27)25-10-13(3-4-24-8-12(7-19)9-24)14(6-16(25)26)18(20,21)22/h6,10-12,15H,3-5,7-9H2,1-2H3,(H2,23,27). The molecular weight excluding hydrogens is 366 g/mol. The van der Waals surface area contributed by atoms with Gasteiger partial charge in [-0.3, -0.25) is 14.0 Å². The lowest BCUT2D eigenvalue weighted by Crippen LogP contribution is -2.48. The first-order chi connectivity index (χ1) is 12.5. The predicted molar refractivity (Wildman–Crippen MR) is 93.0 cm³/mol. The van der Waals surface area contributed by atoms with Gasteiger partial charge in [-0.1, -0.05) is 13.8 Å². The third-order valence-corrected chi connectivity index (χ3v) is 4.78. The fraction of sp³-hybridized carbons (Fsp3) is 0.667. The number of aromatic nitrogens is 1. The van der Waals surface area contributed by atoms with Gasteiger partial charge in [-0.15, -0.1) is 0 Å². The SMILES string of the molecule is CC(C)CC(C(N)=O)n1cc(CCN2CC(CF)C2)c(C(F)(F)F)cc1=O. The quantitative estimate of drug-likeness (QED) is 0.692. The van der Waals surface area contributed by atoms with Crippen molar-refractivity contribution in [2.75, 3.05) is 26.3 Å². The Morgan fingerprint density at radius 3 is 2.44 bits per heavy atom. The second-order valence-electron chi connectivity index (χ2n) is 7.53. The molecule has 2 N–H and O–H groups in total. The molecule has 1 amide bonds. The number of nitrogens with zero attached hydrogens (tertiary/aromatic N) is 2. The molecule has 1 unspecified atom stereocenters. The molecule has 1 atom stereocenters. The van der Waals surface area contributed by atoms with Crippen LogP contribution in [0.5, 0.6) is 0 Å². The van der Waals surface area contributed by atoms with E-state index in [2.05, 4.69) is 0 Å². The fourth-order valence-electron chi connectivity index (χ4n) is 3.35. The maximum Gasteiger partial charge on any atom is 0.416 e. The summed E-state index contributed by atoms with van der Waals surface area (Å²) in [5.74, 6) is -0.796. The zero-order chi connectivity index (χ0) is 20.4. The number of primary amides is 1. The maximum atomic E-state index is 13.4. The number of carbonyl (C=O) groups is 1. The van der Waals surface area contributed by atoms with Gasteiger partial charge in [-0.25, -0.2) is 0 Å². The van der Waals surface area contributed by atoms with Crippen LogP contribution in [0.4, 0.5) is 17.6 Å². The minimum Gasteiger partial charge on any atom is -0.368 e. The van der Waals surface area contributed by atoms with Gasteiger partial charge in [0.05, 0.1) is 12.2 Å². The number of rotatable bonds is 8. The lowest BCUT2D eigenvalue weighted by atomic mass is 9.99. The zero-order valence-electron chi connectivity index (χ0n) is 15.4. The maximum absolute atomic E-state index is 13.4. The molecule has 2 rings (SSSR count). The van der Waals surface area contributed by atoms with Crippen molar-refractivity contribution in [1.29, 1.82) is 0 Å². The summed E-state index contributed by atoms with van der Waals surface area (Å²) in [6.07, 6.45) is -3.27. The van der Waals surface area contributed by atoms with Crippen molar-refractivity contribution in [3.05, 3.63) is 33.7 Å². The summed E-state index contributed by atoms with van der Waals surface area (Å²) in [6.45, 7) is 4.56. The third-order valence-electron chi connectivity index (χ3n) is 4.78. The van der Waals surface area contributed by atoms with E-state index in [-0.39, 0.29) is 30.2 Å². The minimum atomic E-state index is -4.68. The molecule has 0 aromatic carbocycles. The monoisotopic (exact) mass is 391 g/mol. The topological polar surface area (TPSA) is 68.3 Å². The summed E-state index contributed by atoms with van der Waals surface area (Å²) in [7, 11) is 0. The molecule has 1 aromatic rings. The first-order valence-electron chi connectivity index (χ1n) is 8.92. The molecule has 1 aromatic heterocycles. The minimum absolute atomic E-state index is 0.0267. The van der Waals surface area contributed by atoms with Crippen molar-refractivity contribution in [1.82, 2.24) is 9.47 Å². The molecule has 1 aliphatic heterocycles. The molecular formula is C18H25F4N3O2. The van der Waals surface area contributed by atoms with Crippen LogP contribution in [-0.4, -0.2) is 41.7 Å². The number of amides is 1. The average molecular weight is 391 g/mol. The van der Waals surface area contributed by atoms with Crippen molar-refractivity contribution in [3.63, 3.8) is 0 Å². The van der Waals surface area contributed by atoms with Gasteiger partial charge in [0.15, 0.2) is 0 Å². The summed E-state index contributed by atoms with van der Waals surface area (Å²) < 4.78 is 53.6. The Morgan fingerprint density at radius 1 is 1.33 bits per heavy atom. The Bertz CT molecular complexity index is 724. The van der Waals surface area contributed by atoms with Gasteiger partial charge in [-0.05, 0) is 24.3 Å². The number of hydrogen-bond acceptors (Lipinski definition) is 3. The molecule has 0 spiro atoms. The summed E-state index contributed by atoms with van der Waals surface area (Å²) in [5, 5.41) is 0. The van der Waals surface area contributed by atoms with Gasteiger partial charge in [0.2, 0.25) is 5.91 Å². The molecule has 1 aliphatic rings. The van der Waals surface area contributed by atoms with E-state index in [1.165, 1.54) is 0 Å². The summed E-state index contributed by atoms with van der Waals surface area (Å²) in [6, 6.07) is -0.468. The Hall–Kier alpha value is -1.90. The van der Waals surface area contributed by atoms with Gasteiger partial charge in [0.1, 0.15) is 6.04 Å². The van der Waals surface area contributed by atoms with Crippen LogP contribution in [0.25, 0.3) is 0 Å². The highest BCUT2D eigenvalue weighted by Crippen LogP contribution is 2.32.